The quantitative estimate of drug-likeness (QED) is 0.441. The third-order valence-electron chi connectivity index (χ3n) is 5.21. The molecule has 2 aromatic carbocycles. The molecule has 0 radical (unpaired) electrons. The molecule has 3 aromatic heterocycles. The molecular weight excluding hydrogens is 365 g/mol. The van der Waals surface area contributed by atoms with Gasteiger partial charge in [-0.15, -0.1) is 0 Å². The Kier molecular flexibility index (Phi) is 3.71. The van der Waals surface area contributed by atoms with Crippen molar-refractivity contribution in [2.24, 2.45) is 14.1 Å². The average molecular weight is 381 g/mol. The van der Waals surface area contributed by atoms with E-state index in [1.165, 1.54) is 12.1 Å². The highest BCUT2D eigenvalue weighted by Gasteiger charge is 2.17. The standard InChI is InChI=1S/C23H16FN5/c1-28-8-7-18-21(28)12-26-23(15-5-6-20-17(9-15)13-29(2)27-20)22(18)14-3-4-16(11-25)19(24)10-14/h3-10,12-13H,1-2H3. The lowest BCUT2D eigenvalue weighted by Crippen LogP contribution is -1.94. The van der Waals surface area contributed by atoms with Gasteiger partial charge in [-0.1, -0.05) is 12.1 Å². The molecule has 0 bridgehead atoms. The van der Waals surface area contributed by atoms with Crippen LogP contribution in [0.5, 0.6) is 0 Å². The van der Waals surface area contributed by atoms with E-state index in [0.29, 0.717) is 5.56 Å². The SMILES string of the molecule is Cn1cc2cc(-c3ncc4c(ccn4C)c3-c3ccc(C#N)c(F)c3)ccc2n1. The number of aromatic nitrogens is 4. The number of aryl methyl sites for hydroxylation is 2. The lowest BCUT2D eigenvalue weighted by atomic mass is 9.95. The average Bonchev–Trinajstić information content (AvgIpc) is 3.28. The van der Waals surface area contributed by atoms with Crippen molar-refractivity contribution in [2.75, 3.05) is 0 Å². The molecule has 140 valence electrons. The lowest BCUT2D eigenvalue weighted by molar-refractivity contribution is 0.624. The lowest BCUT2D eigenvalue weighted by Gasteiger charge is -2.12. The number of halogens is 1. The normalized spacial score (nSPS) is 11.2. The highest BCUT2D eigenvalue weighted by Crippen LogP contribution is 2.38. The van der Waals surface area contributed by atoms with Crippen LogP contribution >= 0.6 is 0 Å². The van der Waals surface area contributed by atoms with E-state index in [1.807, 2.05) is 67.6 Å². The van der Waals surface area contributed by atoms with Gasteiger partial charge in [-0.25, -0.2) is 4.39 Å². The van der Waals surface area contributed by atoms with E-state index in [9.17, 15) is 4.39 Å². The van der Waals surface area contributed by atoms with Crippen molar-refractivity contribution in [3.05, 3.63) is 72.4 Å². The largest absolute Gasteiger partial charge is 0.349 e. The molecule has 0 aliphatic heterocycles. The first-order chi connectivity index (χ1) is 14.0. The summed E-state index contributed by atoms with van der Waals surface area (Å²) >= 11 is 0. The molecule has 5 aromatic rings. The molecule has 0 amide bonds. The van der Waals surface area contributed by atoms with E-state index in [2.05, 4.69) is 5.10 Å². The number of hydrogen-bond donors (Lipinski definition) is 0. The van der Waals surface area contributed by atoms with Crippen molar-refractivity contribution in [3.63, 3.8) is 0 Å². The molecule has 5 nitrogen and oxygen atoms in total. The maximum atomic E-state index is 14.4. The zero-order chi connectivity index (χ0) is 20.1. The molecule has 5 rings (SSSR count). The minimum atomic E-state index is -0.536. The minimum Gasteiger partial charge on any atom is -0.349 e. The van der Waals surface area contributed by atoms with Gasteiger partial charge in [-0.2, -0.15) is 10.4 Å². The molecule has 0 atom stereocenters. The highest BCUT2D eigenvalue weighted by molar-refractivity contribution is 6.02. The van der Waals surface area contributed by atoms with Gasteiger partial charge in [0.25, 0.3) is 0 Å². The molecule has 0 fully saturated rings. The number of rotatable bonds is 2. The van der Waals surface area contributed by atoms with Gasteiger partial charge in [0.1, 0.15) is 11.9 Å². The Morgan fingerprint density at radius 2 is 1.86 bits per heavy atom. The van der Waals surface area contributed by atoms with Crippen molar-refractivity contribution >= 4 is 21.8 Å². The fraction of sp³-hybridized carbons (Fsp3) is 0.0870. The Morgan fingerprint density at radius 3 is 2.66 bits per heavy atom. The molecular formula is C23H16FN5. The zero-order valence-electron chi connectivity index (χ0n) is 15.9. The third-order valence-corrected chi connectivity index (χ3v) is 5.21. The van der Waals surface area contributed by atoms with Crippen LogP contribution in [0, 0.1) is 17.1 Å². The van der Waals surface area contributed by atoms with Gasteiger partial charge in [0.15, 0.2) is 0 Å². The summed E-state index contributed by atoms with van der Waals surface area (Å²) in [7, 11) is 3.84. The summed E-state index contributed by atoms with van der Waals surface area (Å²) < 4.78 is 18.2. The molecule has 0 spiro atoms. The monoisotopic (exact) mass is 381 g/mol. The third kappa shape index (κ3) is 2.67. The van der Waals surface area contributed by atoms with Crippen LogP contribution in [0.4, 0.5) is 4.39 Å². The molecule has 0 unspecified atom stereocenters. The predicted molar refractivity (Wildman–Crippen MR) is 111 cm³/mol. The fourth-order valence-corrected chi connectivity index (χ4v) is 3.80. The van der Waals surface area contributed by atoms with Crippen LogP contribution in [0.2, 0.25) is 0 Å². The first kappa shape index (κ1) is 17.1. The van der Waals surface area contributed by atoms with Crippen molar-refractivity contribution in [2.45, 2.75) is 0 Å². The van der Waals surface area contributed by atoms with Crippen molar-refractivity contribution < 1.29 is 4.39 Å². The van der Waals surface area contributed by atoms with Crippen molar-refractivity contribution in [3.8, 4) is 28.5 Å². The van der Waals surface area contributed by atoms with Crippen LogP contribution in [0.1, 0.15) is 5.56 Å². The number of fused-ring (bicyclic) bond motifs is 2. The summed E-state index contributed by atoms with van der Waals surface area (Å²) in [6.07, 6.45) is 5.76. The molecule has 0 saturated carbocycles. The number of pyridine rings is 1. The van der Waals surface area contributed by atoms with Crippen LogP contribution < -0.4 is 0 Å². The van der Waals surface area contributed by atoms with Crippen LogP contribution in [-0.4, -0.2) is 19.3 Å². The van der Waals surface area contributed by atoms with Crippen molar-refractivity contribution in [1.82, 2.24) is 19.3 Å². The maximum absolute atomic E-state index is 14.4. The second-order valence-corrected chi connectivity index (χ2v) is 7.09. The Labute approximate surface area is 166 Å². The van der Waals surface area contributed by atoms with E-state index in [0.717, 1.165) is 38.6 Å². The van der Waals surface area contributed by atoms with Crippen LogP contribution in [-0.2, 0) is 14.1 Å². The predicted octanol–water partition coefficient (Wildman–Crippen LogP) is 4.80. The molecule has 29 heavy (non-hydrogen) atoms. The van der Waals surface area contributed by atoms with Crippen LogP contribution in [0.25, 0.3) is 44.2 Å². The van der Waals surface area contributed by atoms with E-state index < -0.39 is 5.82 Å². The number of nitrogens with zero attached hydrogens (tertiary/aromatic N) is 5. The van der Waals surface area contributed by atoms with Gasteiger partial charge in [0, 0.05) is 48.4 Å². The van der Waals surface area contributed by atoms with E-state index in [4.69, 9.17) is 10.2 Å². The second-order valence-electron chi connectivity index (χ2n) is 7.09. The molecule has 0 N–H and O–H groups in total. The smallest absolute Gasteiger partial charge is 0.141 e. The summed E-state index contributed by atoms with van der Waals surface area (Å²) in [5.41, 5.74) is 5.11. The summed E-state index contributed by atoms with van der Waals surface area (Å²) in [5.74, 6) is -0.536. The van der Waals surface area contributed by atoms with Gasteiger partial charge < -0.3 is 4.57 Å². The second kappa shape index (κ2) is 6.28. The van der Waals surface area contributed by atoms with Gasteiger partial charge >= 0.3 is 0 Å². The first-order valence-electron chi connectivity index (χ1n) is 9.13. The Morgan fingerprint density at radius 1 is 1.03 bits per heavy atom. The summed E-state index contributed by atoms with van der Waals surface area (Å²) in [6.45, 7) is 0. The summed E-state index contributed by atoms with van der Waals surface area (Å²) in [6, 6.07) is 14.6. The van der Waals surface area contributed by atoms with E-state index >= 15 is 0 Å². The van der Waals surface area contributed by atoms with E-state index in [-0.39, 0.29) is 5.56 Å². The number of hydrogen-bond acceptors (Lipinski definition) is 3. The summed E-state index contributed by atoms with van der Waals surface area (Å²) in [5, 5.41) is 15.5. The summed E-state index contributed by atoms with van der Waals surface area (Å²) in [4.78, 5) is 4.74. The number of benzene rings is 2. The molecule has 3 heterocycles. The minimum absolute atomic E-state index is 0.0280. The van der Waals surface area contributed by atoms with Crippen LogP contribution in [0.15, 0.2) is 61.1 Å². The Bertz CT molecular complexity index is 1450. The molecule has 0 aliphatic rings. The Hall–Kier alpha value is -3.98. The Balaban J connectivity index is 1.82. The molecule has 6 heteroatoms. The zero-order valence-corrected chi connectivity index (χ0v) is 15.9. The molecule has 0 aliphatic carbocycles. The topological polar surface area (TPSA) is 59.4 Å². The fourth-order valence-electron chi connectivity index (χ4n) is 3.80. The maximum Gasteiger partial charge on any atom is 0.141 e. The van der Waals surface area contributed by atoms with Gasteiger partial charge in [-0.05, 0) is 35.9 Å². The highest BCUT2D eigenvalue weighted by atomic mass is 19.1. The first-order valence-corrected chi connectivity index (χ1v) is 9.13. The van der Waals surface area contributed by atoms with Crippen molar-refractivity contribution in [1.29, 1.82) is 5.26 Å². The number of nitriles is 1. The molecule has 0 saturated heterocycles. The van der Waals surface area contributed by atoms with Gasteiger partial charge in [-0.3, -0.25) is 9.67 Å². The van der Waals surface area contributed by atoms with Gasteiger partial charge in [0.2, 0.25) is 0 Å². The van der Waals surface area contributed by atoms with Gasteiger partial charge in [0.05, 0.1) is 28.5 Å². The van der Waals surface area contributed by atoms with E-state index in [1.54, 1.807) is 10.7 Å². The van der Waals surface area contributed by atoms with Crippen LogP contribution in [0.3, 0.4) is 0 Å².